The molecule has 1 atom stereocenters. The fourth-order valence-electron chi connectivity index (χ4n) is 1.45. The third kappa shape index (κ3) is 2.84. The maximum absolute atomic E-state index is 5.70. The van der Waals surface area contributed by atoms with Crippen molar-refractivity contribution in [3.8, 4) is 0 Å². The van der Waals surface area contributed by atoms with Gasteiger partial charge in [0.15, 0.2) is 0 Å². The van der Waals surface area contributed by atoms with Gasteiger partial charge in [-0.2, -0.15) is 23.5 Å². The van der Waals surface area contributed by atoms with Gasteiger partial charge >= 0.3 is 0 Å². The second-order valence-corrected chi connectivity index (χ2v) is 6.09. The van der Waals surface area contributed by atoms with Gasteiger partial charge in [0, 0.05) is 35.3 Å². The summed E-state index contributed by atoms with van der Waals surface area (Å²) in [6, 6.07) is 0. The van der Waals surface area contributed by atoms with Crippen molar-refractivity contribution in [2.45, 2.75) is 17.7 Å². The SMILES string of the molecule is ClCc1cn(CC2CSCCS2)cn1. The zero-order valence-electron chi connectivity index (χ0n) is 7.86. The van der Waals surface area contributed by atoms with Crippen molar-refractivity contribution in [2.24, 2.45) is 0 Å². The van der Waals surface area contributed by atoms with Crippen LogP contribution >= 0.6 is 35.1 Å². The van der Waals surface area contributed by atoms with E-state index in [2.05, 4.69) is 33.1 Å². The molecule has 1 fully saturated rings. The summed E-state index contributed by atoms with van der Waals surface area (Å²) in [5, 5.41) is 0.742. The molecule has 1 aromatic rings. The fraction of sp³-hybridized carbons (Fsp3) is 0.667. The van der Waals surface area contributed by atoms with Gasteiger partial charge in [-0.3, -0.25) is 0 Å². The van der Waals surface area contributed by atoms with Crippen molar-refractivity contribution >= 4 is 35.1 Å². The Morgan fingerprint density at radius 3 is 3.14 bits per heavy atom. The van der Waals surface area contributed by atoms with Crippen LogP contribution in [0.2, 0.25) is 0 Å². The Balaban J connectivity index is 1.89. The van der Waals surface area contributed by atoms with E-state index in [0.29, 0.717) is 5.88 Å². The van der Waals surface area contributed by atoms with Crippen LogP contribution in [0.15, 0.2) is 12.5 Å². The van der Waals surface area contributed by atoms with E-state index in [0.717, 1.165) is 17.5 Å². The molecule has 1 aromatic heterocycles. The Kier molecular flexibility index (Phi) is 4.08. The van der Waals surface area contributed by atoms with Crippen LogP contribution in [0.4, 0.5) is 0 Å². The highest BCUT2D eigenvalue weighted by Crippen LogP contribution is 2.25. The summed E-state index contributed by atoms with van der Waals surface area (Å²) in [6.07, 6.45) is 3.93. The van der Waals surface area contributed by atoms with E-state index in [1.165, 1.54) is 17.3 Å². The molecule has 0 radical (unpaired) electrons. The lowest BCUT2D eigenvalue weighted by atomic mass is 10.4. The van der Waals surface area contributed by atoms with Gasteiger partial charge < -0.3 is 4.57 Å². The molecular formula is C9H13ClN2S2. The average Bonchev–Trinajstić information content (AvgIpc) is 2.67. The van der Waals surface area contributed by atoms with Gasteiger partial charge in [-0.25, -0.2) is 4.98 Å². The molecule has 1 saturated heterocycles. The molecule has 0 saturated carbocycles. The molecule has 1 aliphatic rings. The number of thioether (sulfide) groups is 2. The van der Waals surface area contributed by atoms with Gasteiger partial charge in [0.05, 0.1) is 17.9 Å². The van der Waals surface area contributed by atoms with Gasteiger partial charge in [0.25, 0.3) is 0 Å². The summed E-state index contributed by atoms with van der Waals surface area (Å²) < 4.78 is 2.15. The van der Waals surface area contributed by atoms with E-state index in [1.54, 1.807) is 0 Å². The number of rotatable bonds is 3. The second kappa shape index (κ2) is 5.33. The molecule has 0 N–H and O–H groups in total. The summed E-state index contributed by atoms with van der Waals surface area (Å²) in [4.78, 5) is 4.22. The highest BCUT2D eigenvalue weighted by molar-refractivity contribution is 8.06. The van der Waals surface area contributed by atoms with Gasteiger partial charge in [0.2, 0.25) is 0 Å². The predicted molar refractivity (Wildman–Crippen MR) is 65.4 cm³/mol. The second-order valence-electron chi connectivity index (χ2n) is 3.26. The quantitative estimate of drug-likeness (QED) is 0.766. The van der Waals surface area contributed by atoms with Crippen LogP contribution in [0.3, 0.4) is 0 Å². The highest BCUT2D eigenvalue weighted by atomic mass is 35.5. The van der Waals surface area contributed by atoms with E-state index >= 15 is 0 Å². The van der Waals surface area contributed by atoms with Gasteiger partial charge in [0.1, 0.15) is 0 Å². The van der Waals surface area contributed by atoms with Crippen LogP contribution in [0.25, 0.3) is 0 Å². The summed E-state index contributed by atoms with van der Waals surface area (Å²) in [7, 11) is 0. The van der Waals surface area contributed by atoms with E-state index < -0.39 is 0 Å². The molecule has 0 aromatic carbocycles. The van der Waals surface area contributed by atoms with Crippen molar-refractivity contribution < 1.29 is 0 Å². The fourth-order valence-corrected chi connectivity index (χ4v) is 4.27. The molecule has 0 aliphatic carbocycles. The van der Waals surface area contributed by atoms with Crippen molar-refractivity contribution in [1.29, 1.82) is 0 Å². The van der Waals surface area contributed by atoms with Crippen molar-refractivity contribution in [3.05, 3.63) is 18.2 Å². The smallest absolute Gasteiger partial charge is 0.0950 e. The number of imidazole rings is 1. The molecule has 1 aliphatic heterocycles. The molecule has 0 bridgehead atoms. The first kappa shape index (κ1) is 10.7. The monoisotopic (exact) mass is 248 g/mol. The molecule has 14 heavy (non-hydrogen) atoms. The van der Waals surface area contributed by atoms with Gasteiger partial charge in [-0.15, -0.1) is 11.6 Å². The molecular weight excluding hydrogens is 236 g/mol. The zero-order chi connectivity index (χ0) is 9.80. The largest absolute Gasteiger partial charge is 0.336 e. The Morgan fingerprint density at radius 2 is 2.50 bits per heavy atom. The van der Waals surface area contributed by atoms with Crippen LogP contribution in [-0.4, -0.2) is 32.1 Å². The zero-order valence-corrected chi connectivity index (χ0v) is 10.2. The lowest BCUT2D eigenvalue weighted by Gasteiger charge is -2.20. The lowest BCUT2D eigenvalue weighted by Crippen LogP contribution is -2.19. The number of alkyl halides is 1. The van der Waals surface area contributed by atoms with E-state index in [9.17, 15) is 0 Å². The average molecular weight is 249 g/mol. The van der Waals surface area contributed by atoms with Crippen molar-refractivity contribution in [3.63, 3.8) is 0 Å². The first-order chi connectivity index (χ1) is 6.88. The number of hydrogen-bond acceptors (Lipinski definition) is 3. The molecule has 2 heterocycles. The summed E-state index contributed by atoms with van der Waals surface area (Å²) >= 11 is 9.82. The lowest BCUT2D eigenvalue weighted by molar-refractivity contribution is 0.694. The number of halogens is 1. The summed E-state index contributed by atoms with van der Waals surface area (Å²) in [6.45, 7) is 1.07. The maximum Gasteiger partial charge on any atom is 0.0950 e. The summed E-state index contributed by atoms with van der Waals surface area (Å²) in [5.74, 6) is 4.36. The third-order valence-electron chi connectivity index (χ3n) is 2.12. The standard InChI is InChI=1S/C9H13ClN2S2/c10-3-8-4-12(7-11-8)5-9-6-13-1-2-14-9/h4,7,9H,1-3,5-6H2. The van der Waals surface area contributed by atoms with Crippen LogP contribution in [0.5, 0.6) is 0 Å². The number of hydrogen-bond donors (Lipinski definition) is 0. The Labute approximate surface area is 97.8 Å². The topological polar surface area (TPSA) is 17.8 Å². The van der Waals surface area contributed by atoms with E-state index in [1.807, 2.05) is 12.5 Å². The van der Waals surface area contributed by atoms with Crippen LogP contribution < -0.4 is 0 Å². The van der Waals surface area contributed by atoms with E-state index in [4.69, 9.17) is 11.6 Å². The Hall–Kier alpha value is 0.200. The first-order valence-electron chi connectivity index (χ1n) is 4.64. The number of aromatic nitrogens is 2. The minimum atomic E-state index is 0.513. The first-order valence-corrected chi connectivity index (χ1v) is 7.38. The molecule has 78 valence electrons. The van der Waals surface area contributed by atoms with Crippen LogP contribution in [0, 0.1) is 0 Å². The van der Waals surface area contributed by atoms with Gasteiger partial charge in [-0.05, 0) is 0 Å². The Bertz CT molecular complexity index is 284. The molecule has 1 unspecified atom stereocenters. The molecule has 2 rings (SSSR count). The minimum Gasteiger partial charge on any atom is -0.336 e. The molecule has 0 spiro atoms. The third-order valence-corrected chi connectivity index (χ3v) is 5.22. The normalized spacial score (nSPS) is 22.5. The minimum absolute atomic E-state index is 0.513. The molecule has 2 nitrogen and oxygen atoms in total. The molecule has 5 heteroatoms. The van der Waals surface area contributed by atoms with Crippen molar-refractivity contribution in [2.75, 3.05) is 17.3 Å². The van der Waals surface area contributed by atoms with Crippen molar-refractivity contribution in [1.82, 2.24) is 9.55 Å². The van der Waals surface area contributed by atoms with Crippen LogP contribution in [-0.2, 0) is 12.4 Å². The van der Waals surface area contributed by atoms with Crippen LogP contribution in [0.1, 0.15) is 5.69 Å². The summed E-state index contributed by atoms with van der Waals surface area (Å²) in [5.41, 5.74) is 0.972. The molecule has 0 amide bonds. The predicted octanol–water partition coefficient (Wildman–Crippen LogP) is 2.47. The maximum atomic E-state index is 5.70. The highest BCUT2D eigenvalue weighted by Gasteiger charge is 2.14. The van der Waals surface area contributed by atoms with E-state index in [-0.39, 0.29) is 0 Å². The number of nitrogens with zero attached hydrogens (tertiary/aromatic N) is 2. The Morgan fingerprint density at radius 1 is 1.57 bits per heavy atom. The van der Waals surface area contributed by atoms with Gasteiger partial charge in [-0.1, -0.05) is 0 Å².